The van der Waals surface area contributed by atoms with E-state index in [1.165, 1.54) is 22.6 Å². The van der Waals surface area contributed by atoms with Crippen LogP contribution >= 0.6 is 23.5 Å². The zero-order valence-electron chi connectivity index (χ0n) is 16.4. The van der Waals surface area contributed by atoms with Crippen LogP contribution in [0.1, 0.15) is 32.6 Å². The fraction of sp³-hybridized carbons (Fsp3) is 0.545. The van der Waals surface area contributed by atoms with Crippen molar-refractivity contribution in [2.45, 2.75) is 43.5 Å². The zero-order valence-corrected chi connectivity index (χ0v) is 18.0. The van der Waals surface area contributed by atoms with Crippen molar-refractivity contribution in [3.8, 4) is 5.75 Å². The van der Waals surface area contributed by atoms with Gasteiger partial charge in [0.15, 0.2) is 0 Å². The maximum atomic E-state index is 6.06. The summed E-state index contributed by atoms with van der Waals surface area (Å²) < 4.78 is 11.5. The van der Waals surface area contributed by atoms with Gasteiger partial charge in [0.25, 0.3) is 0 Å². The first-order valence-corrected chi connectivity index (χ1v) is 11.9. The molecule has 2 atom stereocenters. The molecule has 1 aromatic rings. The number of allylic oxidation sites excluding steroid dienone is 3. The summed E-state index contributed by atoms with van der Waals surface area (Å²) in [5.41, 5.74) is 0. The second-order valence-electron chi connectivity index (χ2n) is 7.07. The third-order valence-corrected chi connectivity index (χ3v) is 7.53. The lowest BCUT2D eigenvalue weighted by Gasteiger charge is -2.22. The van der Waals surface area contributed by atoms with Crippen LogP contribution in [-0.2, 0) is 4.74 Å². The highest BCUT2D eigenvalue weighted by atomic mass is 32.2. The number of thioether (sulfide) groups is 2. The number of hydrogen-bond acceptors (Lipinski definition) is 5. The van der Waals surface area contributed by atoms with E-state index in [0.29, 0.717) is 12.0 Å². The molecule has 0 bridgehead atoms. The number of ether oxygens (including phenoxy) is 2. The van der Waals surface area contributed by atoms with Crippen molar-refractivity contribution < 1.29 is 9.47 Å². The van der Waals surface area contributed by atoms with Crippen LogP contribution in [-0.4, -0.2) is 37.8 Å². The summed E-state index contributed by atoms with van der Waals surface area (Å²) >= 11 is 3.88. The summed E-state index contributed by atoms with van der Waals surface area (Å²) in [6, 6.07) is 8.73. The molecule has 1 aliphatic heterocycles. The van der Waals surface area contributed by atoms with E-state index in [1.807, 2.05) is 35.7 Å². The summed E-state index contributed by atoms with van der Waals surface area (Å²) in [5.74, 6) is 4.95. The molecule has 1 N–H and O–H groups in total. The molecule has 0 spiro atoms. The van der Waals surface area contributed by atoms with Crippen molar-refractivity contribution >= 4 is 23.5 Å². The molecule has 1 aromatic carbocycles. The van der Waals surface area contributed by atoms with Crippen LogP contribution in [0.4, 0.5) is 0 Å². The first-order chi connectivity index (χ1) is 13.3. The predicted octanol–water partition coefficient (Wildman–Crippen LogP) is 5.49. The van der Waals surface area contributed by atoms with Crippen LogP contribution in [0.15, 0.2) is 52.0 Å². The van der Waals surface area contributed by atoms with Crippen molar-refractivity contribution in [1.29, 1.82) is 0 Å². The Kier molecular flexibility index (Phi) is 8.49. The number of hydrogen-bond donors (Lipinski definition) is 1. The Morgan fingerprint density at radius 3 is 3.11 bits per heavy atom. The molecule has 0 fully saturated rings. The lowest BCUT2D eigenvalue weighted by atomic mass is 10.1. The Balaban J connectivity index is 1.47. The van der Waals surface area contributed by atoms with Gasteiger partial charge in [0.1, 0.15) is 18.1 Å². The summed E-state index contributed by atoms with van der Waals surface area (Å²) in [4.78, 5) is 2.66. The van der Waals surface area contributed by atoms with Gasteiger partial charge in [0.2, 0.25) is 0 Å². The Labute approximate surface area is 172 Å². The zero-order chi connectivity index (χ0) is 18.9. The highest BCUT2D eigenvalue weighted by Crippen LogP contribution is 2.33. The quantitative estimate of drug-likeness (QED) is 0.549. The number of nitrogens with one attached hydrogen (secondary N) is 1. The minimum atomic E-state index is 0.421. The van der Waals surface area contributed by atoms with Gasteiger partial charge in [0, 0.05) is 21.3 Å². The number of para-hydroxylation sites is 1. The van der Waals surface area contributed by atoms with Crippen LogP contribution in [0.5, 0.6) is 5.75 Å². The number of methoxy groups -OCH3 is 1. The summed E-state index contributed by atoms with van der Waals surface area (Å²) in [6.07, 6.45) is 9.11. The van der Waals surface area contributed by atoms with Crippen molar-refractivity contribution in [2.75, 3.05) is 31.8 Å². The van der Waals surface area contributed by atoms with Crippen molar-refractivity contribution in [1.82, 2.24) is 5.32 Å². The summed E-state index contributed by atoms with van der Waals surface area (Å²) in [5, 5.41) is 3.78. The number of rotatable bonds is 9. The van der Waals surface area contributed by atoms with Crippen molar-refractivity contribution in [2.24, 2.45) is 5.92 Å². The van der Waals surface area contributed by atoms with Crippen LogP contribution < -0.4 is 10.1 Å². The highest BCUT2D eigenvalue weighted by Gasteiger charge is 2.21. The molecule has 148 valence electrons. The molecule has 1 heterocycles. The molecule has 0 saturated carbocycles. The Hall–Kier alpha value is -1.04. The standard InChI is InChI=1S/C22H31NO2S2/c1-3-8-17(15-26-21-11-6-4-9-19(21)24-2)13-23-18-14-25-20-10-5-7-12-22(20)27-16-18/h4-6,9-11,17-18,23H,3,7-8,12-16H2,1-2H3/t17-,18?/m0/s1. The SMILES string of the molecule is CCC[C@@H](CNC1COC2=C(CCC=C2)SC1)CSc1ccccc1OC. The third kappa shape index (κ3) is 6.23. The molecule has 0 aromatic heterocycles. The van der Waals surface area contributed by atoms with Crippen molar-refractivity contribution in [3.05, 3.63) is 47.1 Å². The van der Waals surface area contributed by atoms with Gasteiger partial charge in [-0.15, -0.1) is 23.5 Å². The minimum absolute atomic E-state index is 0.421. The molecular formula is C22H31NO2S2. The summed E-state index contributed by atoms with van der Waals surface area (Å²) in [7, 11) is 1.75. The molecule has 27 heavy (non-hydrogen) atoms. The molecule has 5 heteroatoms. The van der Waals surface area contributed by atoms with Gasteiger partial charge in [-0.2, -0.15) is 0 Å². The van der Waals surface area contributed by atoms with Gasteiger partial charge >= 0.3 is 0 Å². The maximum absolute atomic E-state index is 6.06. The van der Waals surface area contributed by atoms with Gasteiger partial charge in [0.05, 0.1) is 13.2 Å². The van der Waals surface area contributed by atoms with Gasteiger partial charge in [-0.1, -0.05) is 31.6 Å². The van der Waals surface area contributed by atoms with E-state index >= 15 is 0 Å². The van der Waals surface area contributed by atoms with E-state index in [4.69, 9.17) is 9.47 Å². The molecule has 0 radical (unpaired) electrons. The first kappa shape index (κ1) is 20.7. The third-order valence-electron chi connectivity index (χ3n) is 4.92. The van der Waals surface area contributed by atoms with E-state index in [-0.39, 0.29) is 0 Å². The second kappa shape index (κ2) is 11.1. The first-order valence-electron chi connectivity index (χ1n) is 9.94. The highest BCUT2D eigenvalue weighted by molar-refractivity contribution is 8.03. The Morgan fingerprint density at radius 2 is 2.26 bits per heavy atom. The Bertz CT molecular complexity index is 659. The molecular weight excluding hydrogens is 374 g/mol. The van der Waals surface area contributed by atoms with Crippen molar-refractivity contribution in [3.63, 3.8) is 0 Å². The second-order valence-corrected chi connectivity index (χ2v) is 9.25. The topological polar surface area (TPSA) is 30.5 Å². The van der Waals surface area contributed by atoms with E-state index in [2.05, 4.69) is 36.5 Å². The van der Waals surface area contributed by atoms with Crippen LogP contribution in [0.25, 0.3) is 0 Å². The Morgan fingerprint density at radius 1 is 1.37 bits per heavy atom. The molecule has 0 amide bonds. The largest absolute Gasteiger partial charge is 0.496 e. The monoisotopic (exact) mass is 405 g/mol. The lowest BCUT2D eigenvalue weighted by molar-refractivity contribution is 0.194. The molecule has 3 nitrogen and oxygen atoms in total. The fourth-order valence-corrected chi connectivity index (χ4v) is 5.70. The van der Waals surface area contributed by atoms with Crippen LogP contribution in [0.3, 0.4) is 0 Å². The molecule has 2 aliphatic rings. The van der Waals surface area contributed by atoms with E-state index < -0.39 is 0 Å². The van der Waals surface area contributed by atoms with Gasteiger partial charge in [-0.05, 0) is 49.9 Å². The van der Waals surface area contributed by atoms with Crippen LogP contribution in [0, 0.1) is 5.92 Å². The van der Waals surface area contributed by atoms with Gasteiger partial charge < -0.3 is 14.8 Å². The molecule has 1 unspecified atom stereocenters. The summed E-state index contributed by atoms with van der Waals surface area (Å²) in [6.45, 7) is 4.09. The lowest BCUT2D eigenvalue weighted by Crippen LogP contribution is -2.38. The van der Waals surface area contributed by atoms with E-state index in [0.717, 1.165) is 49.0 Å². The maximum Gasteiger partial charge on any atom is 0.132 e. The van der Waals surface area contributed by atoms with Gasteiger partial charge in [-0.25, -0.2) is 0 Å². The average molecular weight is 406 g/mol. The van der Waals surface area contributed by atoms with Gasteiger partial charge in [-0.3, -0.25) is 0 Å². The molecule has 0 saturated heterocycles. The minimum Gasteiger partial charge on any atom is -0.496 e. The smallest absolute Gasteiger partial charge is 0.132 e. The molecule has 1 aliphatic carbocycles. The normalized spacial score (nSPS) is 20.6. The van der Waals surface area contributed by atoms with Crippen LogP contribution in [0.2, 0.25) is 0 Å². The van der Waals surface area contributed by atoms with E-state index in [9.17, 15) is 0 Å². The predicted molar refractivity (Wildman–Crippen MR) is 118 cm³/mol. The van der Waals surface area contributed by atoms with E-state index in [1.54, 1.807) is 7.11 Å². The molecule has 3 rings (SSSR count). The fourth-order valence-electron chi connectivity index (χ4n) is 3.38. The number of benzene rings is 1. The average Bonchev–Trinajstić information content (AvgIpc) is 2.93.